The van der Waals surface area contributed by atoms with Crippen LogP contribution >= 0.6 is 0 Å². The number of benzene rings is 2. The van der Waals surface area contributed by atoms with E-state index in [0.717, 1.165) is 79.7 Å². The average molecular weight is 563 g/mol. The molecule has 42 heavy (non-hydrogen) atoms. The Balaban J connectivity index is 1.09. The van der Waals surface area contributed by atoms with Crippen molar-refractivity contribution in [3.05, 3.63) is 94.8 Å². The Morgan fingerprint density at radius 2 is 1.79 bits per heavy atom. The van der Waals surface area contributed by atoms with E-state index in [0.29, 0.717) is 23.6 Å². The van der Waals surface area contributed by atoms with Gasteiger partial charge in [0.05, 0.1) is 17.5 Å². The highest BCUT2D eigenvalue weighted by Crippen LogP contribution is 2.42. The molecule has 1 N–H and O–H groups in total. The summed E-state index contributed by atoms with van der Waals surface area (Å²) in [5, 5.41) is 13.5. The molecule has 2 aromatic carbocycles. The minimum Gasteiger partial charge on any atom is -0.485 e. The Kier molecular flexibility index (Phi) is 6.76. The smallest absolute Gasteiger partial charge is 0.338 e. The maximum absolute atomic E-state index is 12.5. The van der Waals surface area contributed by atoms with Gasteiger partial charge in [-0.15, -0.1) is 0 Å². The molecular weight excluding hydrogens is 528 g/mol. The van der Waals surface area contributed by atoms with Crippen LogP contribution in [0.3, 0.4) is 0 Å². The molecule has 8 nitrogen and oxygen atoms in total. The fourth-order valence-electron chi connectivity index (χ4n) is 6.48. The lowest BCUT2D eigenvalue weighted by molar-refractivity contribution is -0.133. The lowest BCUT2D eigenvalue weighted by Crippen LogP contribution is -2.38. The average Bonchev–Trinajstić information content (AvgIpc) is 3.59. The zero-order chi connectivity index (χ0) is 28.8. The zero-order valence-electron chi connectivity index (χ0n) is 23.7. The lowest BCUT2D eigenvalue weighted by atomic mass is 9.88. The number of hydrogen-bond donors (Lipinski definition) is 1. The highest BCUT2D eigenvalue weighted by Gasteiger charge is 2.35. The Morgan fingerprint density at radius 3 is 2.52 bits per heavy atom. The van der Waals surface area contributed by atoms with Crippen molar-refractivity contribution in [1.29, 1.82) is 0 Å². The number of likely N-dealkylation sites (tertiary alicyclic amines) is 1. The molecule has 3 heterocycles. The van der Waals surface area contributed by atoms with Crippen LogP contribution in [0.4, 0.5) is 0 Å². The molecule has 3 aliphatic rings. The van der Waals surface area contributed by atoms with E-state index in [1.54, 1.807) is 0 Å². The van der Waals surface area contributed by atoms with Crippen LogP contribution in [-0.2, 0) is 11.2 Å². The van der Waals surface area contributed by atoms with Crippen molar-refractivity contribution in [1.82, 2.24) is 19.7 Å². The number of ether oxygens (including phenoxy) is 1. The van der Waals surface area contributed by atoms with Crippen molar-refractivity contribution in [3.63, 3.8) is 0 Å². The second-order valence-corrected chi connectivity index (χ2v) is 11.8. The summed E-state index contributed by atoms with van der Waals surface area (Å²) in [4.78, 5) is 30.7. The number of aryl methyl sites for hydroxylation is 2. The largest absolute Gasteiger partial charge is 0.485 e. The van der Waals surface area contributed by atoms with Crippen molar-refractivity contribution >= 4 is 11.9 Å². The fourth-order valence-corrected chi connectivity index (χ4v) is 6.48. The fraction of sp³-hybridized carbons (Fsp3) is 0.353. The van der Waals surface area contributed by atoms with Gasteiger partial charge in [-0.1, -0.05) is 36.4 Å². The second kappa shape index (κ2) is 10.7. The first kappa shape index (κ1) is 26.4. The Bertz CT molecular complexity index is 1670. The summed E-state index contributed by atoms with van der Waals surface area (Å²) in [5.41, 5.74) is 6.81. The summed E-state index contributed by atoms with van der Waals surface area (Å²) in [7, 11) is 0. The SMILES string of the molecule is Cc1cc(C2CCN(C(=O)C3CC3)CC2)ccc1O[C@H]1CCc2cccc(-c3cccc(-n4cc(C(=O)O)cn4)n3)c21. The van der Waals surface area contributed by atoms with Crippen molar-refractivity contribution in [2.45, 2.75) is 57.5 Å². The van der Waals surface area contributed by atoms with Crippen LogP contribution in [0.1, 0.15) is 76.7 Å². The number of nitrogens with zero attached hydrogens (tertiary/aromatic N) is 4. The molecule has 0 unspecified atom stereocenters. The number of aromatic carboxylic acids is 1. The van der Waals surface area contributed by atoms with Crippen LogP contribution in [0.25, 0.3) is 17.1 Å². The molecule has 7 rings (SSSR count). The molecule has 1 saturated heterocycles. The minimum absolute atomic E-state index is 0.0915. The molecule has 0 radical (unpaired) electrons. The van der Waals surface area contributed by atoms with Gasteiger partial charge in [-0.3, -0.25) is 4.79 Å². The van der Waals surface area contributed by atoms with E-state index in [1.165, 1.54) is 28.2 Å². The maximum atomic E-state index is 12.5. The third-order valence-electron chi connectivity index (χ3n) is 8.94. The van der Waals surface area contributed by atoms with E-state index in [4.69, 9.17) is 9.72 Å². The van der Waals surface area contributed by atoms with Gasteiger partial charge in [-0.2, -0.15) is 5.10 Å². The predicted molar refractivity (Wildman–Crippen MR) is 158 cm³/mol. The summed E-state index contributed by atoms with van der Waals surface area (Å²) in [6.07, 6.45) is 8.69. The number of rotatable bonds is 7. The first-order valence-corrected chi connectivity index (χ1v) is 14.9. The van der Waals surface area contributed by atoms with Gasteiger partial charge < -0.3 is 14.7 Å². The number of hydrogen-bond acceptors (Lipinski definition) is 5. The molecular formula is C34H34N4O4. The first-order chi connectivity index (χ1) is 20.4. The first-order valence-electron chi connectivity index (χ1n) is 14.9. The standard InChI is InChI=1S/C34H34N4O4/c1-21-18-25(22-14-16-37(17-15-22)33(39)24-8-9-24)11-12-29(21)42-30-13-10-23-4-2-5-27(32(23)30)28-6-3-7-31(36-28)38-20-26(19-35-38)34(40)41/h2-7,11-12,18-20,22,24,30H,8-10,13-17H2,1H3,(H,40,41)/t30-/m0/s1. The molecule has 1 amide bonds. The van der Waals surface area contributed by atoms with Crippen LogP contribution < -0.4 is 4.74 Å². The van der Waals surface area contributed by atoms with Gasteiger partial charge >= 0.3 is 5.97 Å². The van der Waals surface area contributed by atoms with Crippen LogP contribution in [-0.4, -0.2) is 49.7 Å². The van der Waals surface area contributed by atoms with E-state index >= 15 is 0 Å². The van der Waals surface area contributed by atoms with Gasteiger partial charge in [0.15, 0.2) is 5.82 Å². The summed E-state index contributed by atoms with van der Waals surface area (Å²) >= 11 is 0. The number of amides is 1. The molecule has 2 fully saturated rings. The number of carboxylic acids is 1. The van der Waals surface area contributed by atoms with E-state index in [2.05, 4.69) is 53.3 Å². The quantitative estimate of drug-likeness (QED) is 0.291. The van der Waals surface area contributed by atoms with Crippen molar-refractivity contribution in [2.24, 2.45) is 5.92 Å². The Hall–Kier alpha value is -4.46. The topological polar surface area (TPSA) is 97.5 Å². The van der Waals surface area contributed by atoms with Crippen LogP contribution in [0.5, 0.6) is 5.75 Å². The molecule has 0 spiro atoms. The molecule has 2 aliphatic carbocycles. The molecule has 8 heteroatoms. The lowest BCUT2D eigenvalue weighted by Gasteiger charge is -2.32. The normalized spacial score (nSPS) is 18.6. The molecule has 0 bridgehead atoms. The molecule has 2 aromatic heterocycles. The van der Waals surface area contributed by atoms with Crippen molar-refractivity contribution in [3.8, 4) is 22.8 Å². The molecule has 1 aliphatic heterocycles. The maximum Gasteiger partial charge on any atom is 0.338 e. The summed E-state index contributed by atoms with van der Waals surface area (Å²) in [6.45, 7) is 3.83. The zero-order valence-corrected chi connectivity index (χ0v) is 23.7. The van der Waals surface area contributed by atoms with E-state index in [1.807, 2.05) is 18.2 Å². The van der Waals surface area contributed by atoms with Gasteiger partial charge in [0.1, 0.15) is 11.9 Å². The van der Waals surface area contributed by atoms with Gasteiger partial charge in [-0.25, -0.2) is 14.5 Å². The number of piperidine rings is 1. The van der Waals surface area contributed by atoms with Crippen LogP contribution in [0, 0.1) is 12.8 Å². The Labute approximate surface area is 245 Å². The summed E-state index contributed by atoms with van der Waals surface area (Å²) in [6, 6.07) is 18.6. The third kappa shape index (κ3) is 5.06. The molecule has 214 valence electrons. The van der Waals surface area contributed by atoms with Gasteiger partial charge in [0.25, 0.3) is 0 Å². The van der Waals surface area contributed by atoms with Crippen molar-refractivity contribution in [2.75, 3.05) is 13.1 Å². The monoisotopic (exact) mass is 562 g/mol. The number of pyridine rings is 1. The molecule has 1 atom stereocenters. The summed E-state index contributed by atoms with van der Waals surface area (Å²) < 4.78 is 8.19. The number of carbonyl (C=O) groups is 2. The Morgan fingerprint density at radius 1 is 0.976 bits per heavy atom. The number of fused-ring (bicyclic) bond motifs is 1. The van der Waals surface area contributed by atoms with Gasteiger partial charge in [0.2, 0.25) is 5.91 Å². The highest BCUT2D eigenvalue weighted by molar-refractivity contribution is 5.87. The number of carbonyl (C=O) groups excluding carboxylic acids is 1. The number of carboxylic acid groups (broad SMARTS) is 1. The van der Waals surface area contributed by atoms with Crippen LogP contribution in [0.2, 0.25) is 0 Å². The van der Waals surface area contributed by atoms with Gasteiger partial charge in [-0.05, 0) is 86.3 Å². The van der Waals surface area contributed by atoms with Gasteiger partial charge in [0, 0.05) is 36.3 Å². The molecule has 4 aromatic rings. The number of aromatic nitrogens is 3. The van der Waals surface area contributed by atoms with E-state index < -0.39 is 5.97 Å². The third-order valence-corrected chi connectivity index (χ3v) is 8.94. The minimum atomic E-state index is -1.02. The van der Waals surface area contributed by atoms with E-state index in [9.17, 15) is 14.7 Å². The highest BCUT2D eigenvalue weighted by atomic mass is 16.5. The second-order valence-electron chi connectivity index (χ2n) is 11.8. The van der Waals surface area contributed by atoms with Crippen LogP contribution in [0.15, 0.2) is 67.0 Å². The van der Waals surface area contributed by atoms with E-state index in [-0.39, 0.29) is 11.7 Å². The summed E-state index contributed by atoms with van der Waals surface area (Å²) in [5.74, 6) is 1.56. The van der Waals surface area contributed by atoms with Crippen molar-refractivity contribution < 1.29 is 19.4 Å². The predicted octanol–water partition coefficient (Wildman–Crippen LogP) is 6.12. The molecule has 1 saturated carbocycles.